The van der Waals surface area contributed by atoms with Crippen molar-refractivity contribution in [2.75, 3.05) is 7.11 Å². The van der Waals surface area contributed by atoms with Crippen LogP contribution in [0.25, 0.3) is 0 Å². The van der Waals surface area contributed by atoms with Crippen LogP contribution >= 0.6 is 0 Å². The molecule has 0 spiro atoms. The zero-order chi connectivity index (χ0) is 10.1. The average molecular weight is 182 g/mol. The molecule has 0 aromatic carbocycles. The second-order valence-corrected chi connectivity index (χ2v) is 2.83. The summed E-state index contributed by atoms with van der Waals surface area (Å²) in [5, 5.41) is 0. The SMILES string of the molecule is CCC=C=C(CCCC)C(=O)OC. The fourth-order valence-electron chi connectivity index (χ4n) is 0.935. The van der Waals surface area contributed by atoms with Gasteiger partial charge in [-0.25, -0.2) is 4.79 Å². The summed E-state index contributed by atoms with van der Waals surface area (Å²) in [5.74, 6) is -0.252. The molecular weight excluding hydrogens is 164 g/mol. The molecule has 0 aromatic heterocycles. The first-order chi connectivity index (χ1) is 6.26. The monoisotopic (exact) mass is 182 g/mol. The van der Waals surface area contributed by atoms with E-state index in [9.17, 15) is 4.79 Å². The Kier molecular flexibility index (Phi) is 7.04. The average Bonchev–Trinajstić information content (AvgIpc) is 2.17. The second-order valence-electron chi connectivity index (χ2n) is 2.83. The Labute approximate surface area is 80.3 Å². The highest BCUT2D eigenvalue weighted by Crippen LogP contribution is 2.07. The van der Waals surface area contributed by atoms with Crippen LogP contribution < -0.4 is 0 Å². The number of unbranched alkanes of at least 4 members (excludes halogenated alkanes) is 1. The number of hydrogen-bond donors (Lipinski definition) is 0. The van der Waals surface area contributed by atoms with Crippen LogP contribution in [0, 0.1) is 0 Å². The molecule has 0 radical (unpaired) electrons. The van der Waals surface area contributed by atoms with Crippen molar-refractivity contribution in [3.8, 4) is 0 Å². The summed E-state index contributed by atoms with van der Waals surface area (Å²) in [6, 6.07) is 0. The summed E-state index contributed by atoms with van der Waals surface area (Å²) in [7, 11) is 1.40. The molecule has 74 valence electrons. The van der Waals surface area contributed by atoms with Gasteiger partial charge in [0.25, 0.3) is 0 Å². The van der Waals surface area contributed by atoms with E-state index in [-0.39, 0.29) is 5.97 Å². The third-order valence-corrected chi connectivity index (χ3v) is 1.69. The first-order valence-electron chi connectivity index (χ1n) is 4.78. The minimum atomic E-state index is -0.252. The van der Waals surface area contributed by atoms with E-state index in [1.54, 1.807) is 0 Å². The van der Waals surface area contributed by atoms with Crippen molar-refractivity contribution in [1.29, 1.82) is 0 Å². The van der Waals surface area contributed by atoms with Crippen LogP contribution in [0.15, 0.2) is 17.4 Å². The van der Waals surface area contributed by atoms with E-state index >= 15 is 0 Å². The fraction of sp³-hybridized carbons (Fsp3) is 0.636. The normalized spacial score (nSPS) is 8.85. The summed E-state index contributed by atoms with van der Waals surface area (Å²) >= 11 is 0. The van der Waals surface area contributed by atoms with Gasteiger partial charge < -0.3 is 4.74 Å². The van der Waals surface area contributed by atoms with Crippen LogP contribution in [0.4, 0.5) is 0 Å². The lowest BCUT2D eigenvalue weighted by molar-refractivity contribution is -0.136. The zero-order valence-corrected chi connectivity index (χ0v) is 8.72. The zero-order valence-electron chi connectivity index (χ0n) is 8.72. The van der Waals surface area contributed by atoms with Gasteiger partial charge in [0.1, 0.15) is 0 Å². The van der Waals surface area contributed by atoms with Gasteiger partial charge >= 0.3 is 5.97 Å². The summed E-state index contributed by atoms with van der Waals surface area (Å²) in [6.07, 6.45) is 5.61. The molecule has 0 aliphatic rings. The topological polar surface area (TPSA) is 26.3 Å². The van der Waals surface area contributed by atoms with Gasteiger partial charge in [-0.15, -0.1) is 5.73 Å². The molecule has 0 heterocycles. The van der Waals surface area contributed by atoms with Crippen molar-refractivity contribution in [3.63, 3.8) is 0 Å². The van der Waals surface area contributed by atoms with Gasteiger partial charge in [0.15, 0.2) is 0 Å². The molecule has 0 unspecified atom stereocenters. The van der Waals surface area contributed by atoms with Crippen LogP contribution in [-0.4, -0.2) is 13.1 Å². The standard InChI is InChI=1S/C11H18O2/c1-4-6-8-10(9-7-5-2)11(12)13-3/h6H,4-5,7,9H2,1-3H3. The highest BCUT2D eigenvalue weighted by Gasteiger charge is 2.06. The molecule has 0 atom stereocenters. The second kappa shape index (κ2) is 7.63. The number of methoxy groups -OCH3 is 1. The van der Waals surface area contributed by atoms with Gasteiger partial charge in [0, 0.05) is 0 Å². The van der Waals surface area contributed by atoms with Crippen molar-refractivity contribution in [2.45, 2.75) is 39.5 Å². The quantitative estimate of drug-likeness (QED) is 0.371. The van der Waals surface area contributed by atoms with Crippen LogP contribution in [-0.2, 0) is 9.53 Å². The van der Waals surface area contributed by atoms with E-state index in [4.69, 9.17) is 0 Å². The number of esters is 1. The maximum absolute atomic E-state index is 11.2. The van der Waals surface area contributed by atoms with Gasteiger partial charge in [-0.2, -0.15) is 0 Å². The van der Waals surface area contributed by atoms with Crippen LogP contribution in [0.5, 0.6) is 0 Å². The van der Waals surface area contributed by atoms with E-state index in [1.165, 1.54) is 7.11 Å². The Morgan fingerprint density at radius 2 is 2.15 bits per heavy atom. The molecule has 0 aromatic rings. The third-order valence-electron chi connectivity index (χ3n) is 1.69. The molecule has 0 fully saturated rings. The molecule has 13 heavy (non-hydrogen) atoms. The summed E-state index contributed by atoms with van der Waals surface area (Å²) in [4.78, 5) is 11.2. The van der Waals surface area contributed by atoms with Gasteiger partial charge in [-0.1, -0.05) is 20.3 Å². The molecule has 0 saturated heterocycles. The maximum atomic E-state index is 11.2. The number of carbonyl (C=O) groups is 1. The summed E-state index contributed by atoms with van der Waals surface area (Å²) in [5.41, 5.74) is 3.63. The lowest BCUT2D eigenvalue weighted by Crippen LogP contribution is -2.03. The van der Waals surface area contributed by atoms with Gasteiger partial charge in [0.2, 0.25) is 0 Å². The molecule has 0 saturated carbocycles. The van der Waals surface area contributed by atoms with Crippen LogP contribution in [0.3, 0.4) is 0 Å². The molecule has 0 bridgehead atoms. The van der Waals surface area contributed by atoms with Gasteiger partial charge in [-0.05, 0) is 25.3 Å². The summed E-state index contributed by atoms with van der Waals surface area (Å²) < 4.78 is 4.65. The molecule has 0 amide bonds. The molecule has 2 heteroatoms. The van der Waals surface area contributed by atoms with Crippen molar-refractivity contribution < 1.29 is 9.53 Å². The van der Waals surface area contributed by atoms with Crippen LogP contribution in [0.1, 0.15) is 39.5 Å². The number of ether oxygens (including phenoxy) is 1. The van der Waals surface area contributed by atoms with Crippen molar-refractivity contribution in [3.05, 3.63) is 17.4 Å². The van der Waals surface area contributed by atoms with Crippen molar-refractivity contribution in [2.24, 2.45) is 0 Å². The molecule has 0 aliphatic heterocycles. The molecule has 0 aliphatic carbocycles. The lowest BCUT2D eigenvalue weighted by Gasteiger charge is -2.00. The minimum Gasteiger partial charge on any atom is -0.465 e. The van der Waals surface area contributed by atoms with E-state index in [0.29, 0.717) is 5.57 Å². The maximum Gasteiger partial charge on any atom is 0.341 e. The molecule has 0 rings (SSSR count). The van der Waals surface area contributed by atoms with E-state index in [0.717, 1.165) is 25.7 Å². The van der Waals surface area contributed by atoms with Crippen LogP contribution in [0.2, 0.25) is 0 Å². The first-order valence-corrected chi connectivity index (χ1v) is 4.78. The number of carbonyl (C=O) groups excluding carboxylic acids is 1. The molecule has 0 N–H and O–H groups in total. The largest absolute Gasteiger partial charge is 0.465 e. The van der Waals surface area contributed by atoms with Crippen molar-refractivity contribution >= 4 is 5.97 Å². The Bertz CT molecular complexity index is 210. The highest BCUT2D eigenvalue weighted by molar-refractivity contribution is 5.87. The van der Waals surface area contributed by atoms with E-state index in [1.807, 2.05) is 13.0 Å². The smallest absolute Gasteiger partial charge is 0.341 e. The minimum absolute atomic E-state index is 0.252. The Morgan fingerprint density at radius 3 is 2.62 bits per heavy atom. The third kappa shape index (κ3) is 5.26. The van der Waals surface area contributed by atoms with E-state index < -0.39 is 0 Å². The fourth-order valence-corrected chi connectivity index (χ4v) is 0.935. The summed E-state index contributed by atoms with van der Waals surface area (Å²) in [6.45, 7) is 4.11. The number of rotatable bonds is 5. The first kappa shape index (κ1) is 12.0. The Morgan fingerprint density at radius 1 is 1.46 bits per heavy atom. The van der Waals surface area contributed by atoms with E-state index in [2.05, 4.69) is 17.4 Å². The predicted molar refractivity (Wildman–Crippen MR) is 53.4 cm³/mol. The highest BCUT2D eigenvalue weighted by atomic mass is 16.5. The van der Waals surface area contributed by atoms with Gasteiger partial charge in [-0.3, -0.25) is 0 Å². The lowest BCUT2D eigenvalue weighted by atomic mass is 10.1. The Balaban J connectivity index is 4.36. The van der Waals surface area contributed by atoms with Gasteiger partial charge in [0.05, 0.1) is 12.7 Å². The Hall–Kier alpha value is -1.01. The molecular formula is C11H18O2. The van der Waals surface area contributed by atoms with Crippen molar-refractivity contribution in [1.82, 2.24) is 0 Å². The number of hydrogen-bond acceptors (Lipinski definition) is 2. The molecule has 2 nitrogen and oxygen atoms in total. The predicted octanol–water partition coefficient (Wildman–Crippen LogP) is 2.84.